The molecule has 0 saturated carbocycles. The Balaban J connectivity index is 2.11. The molecule has 0 aliphatic rings. The molecule has 1 N–H and O–H groups in total. The largest absolute Gasteiger partial charge is 0.382 e. The van der Waals surface area contributed by atoms with Crippen LogP contribution in [-0.4, -0.2) is 33.5 Å². The quantitative estimate of drug-likeness (QED) is 0.596. The van der Waals surface area contributed by atoms with Crippen LogP contribution in [0.25, 0.3) is 0 Å². The van der Waals surface area contributed by atoms with Crippen molar-refractivity contribution in [1.82, 2.24) is 5.32 Å². The molecule has 120 valence electrons. The van der Waals surface area contributed by atoms with Crippen LogP contribution in [0.5, 0.6) is 0 Å². The Morgan fingerprint density at radius 2 is 1.81 bits per heavy atom. The molecule has 1 aromatic carbocycles. The zero-order valence-electron chi connectivity index (χ0n) is 13.9. The number of benzene rings is 1. The van der Waals surface area contributed by atoms with Crippen LogP contribution in [0.3, 0.4) is 0 Å². The average Bonchev–Trinajstić information content (AvgIpc) is 2.51. The van der Waals surface area contributed by atoms with Crippen molar-refractivity contribution >= 4 is 0 Å². The van der Waals surface area contributed by atoms with Gasteiger partial charge in [0.05, 0.1) is 13.2 Å². The fourth-order valence-corrected chi connectivity index (χ4v) is 2.27. The van der Waals surface area contributed by atoms with Crippen molar-refractivity contribution in [1.29, 1.82) is 0 Å². The van der Waals surface area contributed by atoms with Gasteiger partial charge in [-0.25, -0.2) is 0 Å². The summed E-state index contributed by atoms with van der Waals surface area (Å²) in [5.41, 5.74) is 2.80. The van der Waals surface area contributed by atoms with E-state index in [1.807, 2.05) is 0 Å². The Hall–Kier alpha value is -0.900. The van der Waals surface area contributed by atoms with Crippen molar-refractivity contribution in [2.45, 2.75) is 45.6 Å². The predicted octanol–water partition coefficient (Wildman–Crippen LogP) is 3.73. The lowest BCUT2D eigenvalue weighted by molar-refractivity contribution is 0.0687. The van der Waals surface area contributed by atoms with Gasteiger partial charge in [0.2, 0.25) is 0 Å². The van der Waals surface area contributed by atoms with E-state index in [1.165, 1.54) is 24.0 Å². The van der Waals surface area contributed by atoms with E-state index < -0.39 is 0 Å². The molecule has 0 aliphatic heterocycles. The van der Waals surface area contributed by atoms with Crippen LogP contribution in [0.15, 0.2) is 24.3 Å². The number of unbranched alkanes of at least 4 members (excludes halogenated alkanes) is 1. The summed E-state index contributed by atoms with van der Waals surface area (Å²) in [5.74, 6) is 0. The van der Waals surface area contributed by atoms with E-state index in [4.69, 9.17) is 9.47 Å². The summed E-state index contributed by atoms with van der Waals surface area (Å²) >= 11 is 0. The molecule has 0 amide bonds. The molecule has 0 bridgehead atoms. The molecule has 0 fully saturated rings. The summed E-state index contributed by atoms with van der Waals surface area (Å²) in [5, 5.41) is 3.57. The number of ether oxygens (including phenoxy) is 2. The third kappa shape index (κ3) is 8.20. The second-order valence-corrected chi connectivity index (χ2v) is 5.48. The van der Waals surface area contributed by atoms with Gasteiger partial charge in [0.15, 0.2) is 0 Å². The highest BCUT2D eigenvalue weighted by Gasteiger charge is 2.04. The Bertz CT molecular complexity index is 351. The fraction of sp³-hybridized carbons (Fsp3) is 0.667. The molecular weight excluding hydrogens is 262 g/mol. The predicted molar refractivity (Wildman–Crippen MR) is 88.8 cm³/mol. The molecule has 3 heteroatoms. The molecule has 3 nitrogen and oxygen atoms in total. The van der Waals surface area contributed by atoms with Gasteiger partial charge >= 0.3 is 0 Å². The maximum Gasteiger partial charge on any atom is 0.0700 e. The molecule has 0 aliphatic carbocycles. The van der Waals surface area contributed by atoms with Gasteiger partial charge in [-0.05, 0) is 43.9 Å². The van der Waals surface area contributed by atoms with Crippen molar-refractivity contribution in [2.24, 2.45) is 0 Å². The number of methoxy groups -OCH3 is 1. The van der Waals surface area contributed by atoms with Crippen LogP contribution < -0.4 is 5.32 Å². The highest BCUT2D eigenvalue weighted by atomic mass is 16.5. The fourth-order valence-electron chi connectivity index (χ4n) is 2.27. The smallest absolute Gasteiger partial charge is 0.0700 e. The first-order valence-electron chi connectivity index (χ1n) is 8.16. The first-order valence-corrected chi connectivity index (χ1v) is 8.16. The van der Waals surface area contributed by atoms with Crippen LogP contribution in [-0.2, 0) is 15.9 Å². The van der Waals surface area contributed by atoms with Crippen LogP contribution >= 0.6 is 0 Å². The van der Waals surface area contributed by atoms with E-state index in [2.05, 4.69) is 43.4 Å². The minimum absolute atomic E-state index is 0.412. The minimum Gasteiger partial charge on any atom is -0.382 e. The lowest BCUT2D eigenvalue weighted by Gasteiger charge is -2.14. The normalized spacial score (nSPS) is 12.5. The van der Waals surface area contributed by atoms with Crippen LogP contribution in [0.2, 0.25) is 0 Å². The van der Waals surface area contributed by atoms with Crippen LogP contribution in [0.4, 0.5) is 0 Å². The van der Waals surface area contributed by atoms with Crippen molar-refractivity contribution in [2.75, 3.05) is 33.5 Å². The van der Waals surface area contributed by atoms with Gasteiger partial charge in [0.25, 0.3) is 0 Å². The molecule has 1 atom stereocenters. The summed E-state index contributed by atoms with van der Waals surface area (Å²) in [7, 11) is 1.70. The summed E-state index contributed by atoms with van der Waals surface area (Å²) < 4.78 is 10.4. The van der Waals surface area contributed by atoms with Crippen molar-refractivity contribution in [3.63, 3.8) is 0 Å². The lowest BCUT2D eigenvalue weighted by Crippen LogP contribution is -2.20. The topological polar surface area (TPSA) is 30.5 Å². The van der Waals surface area contributed by atoms with Crippen molar-refractivity contribution in [3.05, 3.63) is 35.4 Å². The molecule has 1 aromatic rings. The zero-order valence-corrected chi connectivity index (χ0v) is 13.9. The second kappa shape index (κ2) is 11.7. The maximum atomic E-state index is 5.45. The molecule has 1 rings (SSSR count). The standard InChI is InChI=1S/C18H31NO2/c1-4-7-17-8-10-18(11-9-17)16(2)19-12-5-6-13-21-15-14-20-3/h8-11,16,19H,4-7,12-15H2,1-3H3. The number of hydrogen-bond acceptors (Lipinski definition) is 3. The highest BCUT2D eigenvalue weighted by Crippen LogP contribution is 2.14. The highest BCUT2D eigenvalue weighted by molar-refractivity contribution is 5.24. The first-order chi connectivity index (χ1) is 10.3. The number of hydrogen-bond donors (Lipinski definition) is 1. The van der Waals surface area contributed by atoms with Crippen LogP contribution in [0.1, 0.15) is 50.3 Å². The molecule has 0 aromatic heterocycles. The Labute approximate surface area is 130 Å². The van der Waals surface area contributed by atoms with E-state index >= 15 is 0 Å². The van der Waals surface area contributed by atoms with Crippen LogP contribution in [0, 0.1) is 0 Å². The van der Waals surface area contributed by atoms with Gasteiger partial charge in [-0.1, -0.05) is 37.6 Å². The number of nitrogens with one attached hydrogen (secondary N) is 1. The Morgan fingerprint density at radius 3 is 2.48 bits per heavy atom. The van der Waals surface area contributed by atoms with Gasteiger partial charge in [-0.2, -0.15) is 0 Å². The number of rotatable bonds is 12. The van der Waals surface area contributed by atoms with Gasteiger partial charge in [0.1, 0.15) is 0 Å². The zero-order chi connectivity index (χ0) is 15.3. The first kappa shape index (κ1) is 18.1. The summed E-state index contributed by atoms with van der Waals surface area (Å²) in [6, 6.07) is 9.41. The Kier molecular flexibility index (Phi) is 10.1. The third-order valence-corrected chi connectivity index (χ3v) is 3.62. The molecule has 0 spiro atoms. The van der Waals surface area contributed by atoms with E-state index in [0.29, 0.717) is 19.3 Å². The molecule has 21 heavy (non-hydrogen) atoms. The Morgan fingerprint density at radius 1 is 1.05 bits per heavy atom. The van der Waals surface area contributed by atoms with Gasteiger partial charge in [0, 0.05) is 19.8 Å². The van der Waals surface area contributed by atoms with Crippen molar-refractivity contribution in [3.8, 4) is 0 Å². The summed E-state index contributed by atoms with van der Waals surface area (Å²) in [4.78, 5) is 0. The summed E-state index contributed by atoms with van der Waals surface area (Å²) in [6.45, 7) is 7.69. The lowest BCUT2D eigenvalue weighted by atomic mass is 10.0. The van der Waals surface area contributed by atoms with Gasteiger partial charge in [-0.15, -0.1) is 0 Å². The maximum absolute atomic E-state index is 5.45. The van der Waals surface area contributed by atoms with E-state index in [1.54, 1.807) is 7.11 Å². The monoisotopic (exact) mass is 293 g/mol. The number of aryl methyl sites for hydroxylation is 1. The minimum atomic E-state index is 0.412. The van der Waals surface area contributed by atoms with E-state index in [0.717, 1.165) is 26.0 Å². The molecular formula is C18H31NO2. The molecule has 0 saturated heterocycles. The van der Waals surface area contributed by atoms with Gasteiger partial charge < -0.3 is 14.8 Å². The second-order valence-electron chi connectivity index (χ2n) is 5.48. The van der Waals surface area contributed by atoms with Crippen molar-refractivity contribution < 1.29 is 9.47 Å². The molecule has 0 radical (unpaired) electrons. The van der Waals surface area contributed by atoms with E-state index in [-0.39, 0.29) is 0 Å². The SMILES string of the molecule is CCCc1ccc(C(C)NCCCCOCCOC)cc1. The summed E-state index contributed by atoms with van der Waals surface area (Å²) in [6.07, 6.45) is 4.62. The van der Waals surface area contributed by atoms with E-state index in [9.17, 15) is 0 Å². The van der Waals surface area contributed by atoms with Gasteiger partial charge in [-0.3, -0.25) is 0 Å². The molecule has 0 heterocycles. The molecule has 1 unspecified atom stereocenters. The average molecular weight is 293 g/mol. The third-order valence-electron chi connectivity index (χ3n) is 3.62.